The molecule has 28 heavy (non-hydrogen) atoms. The van der Waals surface area contributed by atoms with E-state index in [0.717, 1.165) is 21.3 Å². The van der Waals surface area contributed by atoms with Crippen LogP contribution in [-0.4, -0.2) is 55.2 Å². The van der Waals surface area contributed by atoms with Crippen LogP contribution >= 0.6 is 15.9 Å². The maximum atomic E-state index is 12.0. The average molecular weight is 468 g/mol. The standard InChI is InChI=1S/C21H26BrNO4S/c1-16-5-2-3-8-21(16)27-14-20(24)13-23(19-9-10-28(25,26)15-19)12-17-6-4-7-18(22)11-17/h2-8,11,19-20,24H,9-10,12-15H2,1H3. The lowest BCUT2D eigenvalue weighted by molar-refractivity contribution is 0.0523. The zero-order chi connectivity index (χ0) is 20.1. The highest BCUT2D eigenvalue weighted by atomic mass is 79.9. The van der Waals surface area contributed by atoms with Gasteiger partial charge in [0.05, 0.1) is 11.5 Å². The third-order valence-electron chi connectivity index (χ3n) is 4.97. The van der Waals surface area contributed by atoms with E-state index >= 15 is 0 Å². The van der Waals surface area contributed by atoms with E-state index in [-0.39, 0.29) is 24.2 Å². The monoisotopic (exact) mass is 467 g/mol. The van der Waals surface area contributed by atoms with Gasteiger partial charge in [0.25, 0.3) is 0 Å². The summed E-state index contributed by atoms with van der Waals surface area (Å²) in [5.74, 6) is 1.11. The predicted octanol–water partition coefficient (Wildman–Crippen LogP) is 3.19. The van der Waals surface area contributed by atoms with Crippen molar-refractivity contribution in [3.05, 3.63) is 64.1 Å². The first-order valence-corrected chi connectivity index (χ1v) is 12.0. The molecular weight excluding hydrogens is 442 g/mol. The number of aliphatic hydroxyl groups is 1. The van der Waals surface area contributed by atoms with Gasteiger partial charge in [0.2, 0.25) is 0 Å². The van der Waals surface area contributed by atoms with Crippen LogP contribution in [0.2, 0.25) is 0 Å². The maximum absolute atomic E-state index is 12.0. The number of hydrogen-bond donors (Lipinski definition) is 1. The number of aryl methyl sites for hydroxylation is 1. The van der Waals surface area contributed by atoms with Crippen LogP contribution in [0.25, 0.3) is 0 Å². The largest absolute Gasteiger partial charge is 0.491 e. The van der Waals surface area contributed by atoms with E-state index in [1.165, 1.54) is 0 Å². The molecule has 1 heterocycles. The van der Waals surface area contributed by atoms with Crippen molar-refractivity contribution in [3.8, 4) is 5.75 Å². The molecule has 2 aromatic carbocycles. The summed E-state index contributed by atoms with van der Waals surface area (Å²) < 4.78 is 30.7. The van der Waals surface area contributed by atoms with Crippen molar-refractivity contribution in [2.75, 3.05) is 24.7 Å². The van der Waals surface area contributed by atoms with Gasteiger partial charge in [-0.05, 0) is 42.7 Å². The van der Waals surface area contributed by atoms with Crippen molar-refractivity contribution < 1.29 is 18.3 Å². The number of rotatable bonds is 8. The number of hydrogen-bond acceptors (Lipinski definition) is 5. The second-order valence-corrected chi connectivity index (χ2v) is 10.5. The number of benzene rings is 2. The van der Waals surface area contributed by atoms with Gasteiger partial charge >= 0.3 is 0 Å². The molecule has 1 aliphatic rings. The Morgan fingerprint density at radius 3 is 2.71 bits per heavy atom. The fourth-order valence-corrected chi connectivity index (χ4v) is 5.71. The molecule has 0 aromatic heterocycles. The molecule has 152 valence electrons. The van der Waals surface area contributed by atoms with Crippen LogP contribution in [0.5, 0.6) is 5.75 Å². The van der Waals surface area contributed by atoms with Gasteiger partial charge in [-0.25, -0.2) is 8.42 Å². The van der Waals surface area contributed by atoms with Gasteiger partial charge in [-0.2, -0.15) is 0 Å². The van der Waals surface area contributed by atoms with Gasteiger partial charge in [0, 0.05) is 23.6 Å². The average Bonchev–Trinajstić information content (AvgIpc) is 3.00. The fraction of sp³-hybridized carbons (Fsp3) is 0.429. The molecule has 0 radical (unpaired) electrons. The first-order valence-electron chi connectivity index (χ1n) is 9.38. The Labute approximate surface area is 175 Å². The second-order valence-electron chi connectivity index (χ2n) is 7.35. The number of halogens is 1. The van der Waals surface area contributed by atoms with Crippen molar-refractivity contribution in [2.24, 2.45) is 0 Å². The zero-order valence-electron chi connectivity index (χ0n) is 15.9. The molecule has 0 spiro atoms. The van der Waals surface area contributed by atoms with Crippen LogP contribution in [-0.2, 0) is 16.4 Å². The van der Waals surface area contributed by atoms with E-state index < -0.39 is 15.9 Å². The van der Waals surface area contributed by atoms with Crippen LogP contribution in [0, 0.1) is 6.92 Å². The molecule has 2 unspecified atom stereocenters. The topological polar surface area (TPSA) is 66.8 Å². The Hall–Kier alpha value is -1.41. The number of nitrogens with zero attached hydrogens (tertiary/aromatic N) is 1. The van der Waals surface area contributed by atoms with Crippen LogP contribution in [0.4, 0.5) is 0 Å². The molecule has 1 saturated heterocycles. The second kappa shape index (κ2) is 9.39. The van der Waals surface area contributed by atoms with Crippen molar-refractivity contribution in [3.63, 3.8) is 0 Å². The number of para-hydroxylation sites is 1. The van der Waals surface area contributed by atoms with Crippen molar-refractivity contribution in [1.29, 1.82) is 0 Å². The molecule has 2 atom stereocenters. The lowest BCUT2D eigenvalue weighted by Gasteiger charge is -2.30. The van der Waals surface area contributed by atoms with Gasteiger partial charge < -0.3 is 9.84 Å². The van der Waals surface area contributed by atoms with Gasteiger partial charge in [-0.1, -0.05) is 46.3 Å². The molecule has 1 N–H and O–H groups in total. The number of sulfone groups is 1. The Kier molecular flexibility index (Phi) is 7.15. The quantitative estimate of drug-likeness (QED) is 0.645. The summed E-state index contributed by atoms with van der Waals surface area (Å²) in [7, 11) is -3.00. The van der Waals surface area contributed by atoms with E-state index in [0.29, 0.717) is 19.5 Å². The SMILES string of the molecule is Cc1ccccc1OCC(O)CN(Cc1cccc(Br)c1)C1CCS(=O)(=O)C1. The Balaban J connectivity index is 1.66. The van der Waals surface area contributed by atoms with Crippen LogP contribution in [0.15, 0.2) is 53.0 Å². The molecule has 2 aromatic rings. The van der Waals surface area contributed by atoms with Crippen molar-refractivity contribution >= 4 is 25.8 Å². The molecule has 0 saturated carbocycles. The third-order valence-corrected chi connectivity index (χ3v) is 7.21. The molecule has 7 heteroatoms. The zero-order valence-corrected chi connectivity index (χ0v) is 18.3. The normalized spacial score (nSPS) is 19.6. The Morgan fingerprint density at radius 2 is 2.04 bits per heavy atom. The van der Waals surface area contributed by atoms with E-state index in [2.05, 4.69) is 20.8 Å². The summed E-state index contributed by atoms with van der Waals surface area (Å²) in [5.41, 5.74) is 2.09. The molecule has 3 rings (SSSR count). The van der Waals surface area contributed by atoms with Gasteiger partial charge in [0.1, 0.15) is 18.5 Å². The highest BCUT2D eigenvalue weighted by molar-refractivity contribution is 9.10. The molecule has 5 nitrogen and oxygen atoms in total. The Bertz CT molecular complexity index is 903. The van der Waals surface area contributed by atoms with E-state index in [9.17, 15) is 13.5 Å². The summed E-state index contributed by atoms with van der Waals surface area (Å²) in [4.78, 5) is 2.07. The fourth-order valence-electron chi connectivity index (χ4n) is 3.50. The molecular formula is C21H26BrNO4S. The van der Waals surface area contributed by atoms with Gasteiger partial charge in [0.15, 0.2) is 9.84 Å². The van der Waals surface area contributed by atoms with Crippen LogP contribution in [0.3, 0.4) is 0 Å². The third kappa shape index (κ3) is 6.04. The van der Waals surface area contributed by atoms with Gasteiger partial charge in [-0.3, -0.25) is 4.90 Å². The molecule has 0 aliphatic carbocycles. The predicted molar refractivity (Wildman–Crippen MR) is 114 cm³/mol. The van der Waals surface area contributed by atoms with Crippen molar-refractivity contribution in [2.45, 2.75) is 32.0 Å². The highest BCUT2D eigenvalue weighted by Crippen LogP contribution is 2.22. The highest BCUT2D eigenvalue weighted by Gasteiger charge is 2.33. The molecule has 1 aliphatic heterocycles. The maximum Gasteiger partial charge on any atom is 0.151 e. The summed E-state index contributed by atoms with van der Waals surface area (Å²) in [6.07, 6.45) is -0.114. The summed E-state index contributed by atoms with van der Waals surface area (Å²) in [6, 6.07) is 15.5. The summed E-state index contributed by atoms with van der Waals surface area (Å²) in [5, 5.41) is 10.6. The van der Waals surface area contributed by atoms with E-state index in [4.69, 9.17) is 4.74 Å². The minimum Gasteiger partial charge on any atom is -0.491 e. The first-order chi connectivity index (χ1) is 13.3. The van der Waals surface area contributed by atoms with E-state index in [1.807, 2.05) is 55.5 Å². The minimum absolute atomic E-state index is 0.0860. The van der Waals surface area contributed by atoms with Crippen LogP contribution in [0.1, 0.15) is 17.5 Å². The lowest BCUT2D eigenvalue weighted by atomic mass is 10.1. The van der Waals surface area contributed by atoms with Gasteiger partial charge in [-0.15, -0.1) is 0 Å². The van der Waals surface area contributed by atoms with E-state index in [1.54, 1.807) is 0 Å². The number of ether oxygens (including phenoxy) is 1. The lowest BCUT2D eigenvalue weighted by Crippen LogP contribution is -2.42. The summed E-state index contributed by atoms with van der Waals surface area (Å²) in [6.45, 7) is 3.07. The minimum atomic E-state index is -3.00. The number of aliphatic hydroxyl groups excluding tert-OH is 1. The molecule has 1 fully saturated rings. The molecule has 0 amide bonds. The Morgan fingerprint density at radius 1 is 1.25 bits per heavy atom. The molecule has 0 bridgehead atoms. The summed E-state index contributed by atoms with van der Waals surface area (Å²) >= 11 is 3.48. The van der Waals surface area contributed by atoms with Crippen LogP contribution < -0.4 is 4.74 Å². The smallest absolute Gasteiger partial charge is 0.151 e. The van der Waals surface area contributed by atoms with Crippen molar-refractivity contribution in [1.82, 2.24) is 4.90 Å². The first kappa shape index (κ1) is 21.3.